The molecule has 0 unspecified atom stereocenters. The lowest BCUT2D eigenvalue weighted by atomic mass is 10.1. The first-order valence-corrected chi connectivity index (χ1v) is 9.71. The van der Waals surface area contributed by atoms with Crippen LogP contribution in [-0.2, 0) is 16.1 Å². The molecule has 0 saturated carbocycles. The molecule has 4 atom stereocenters. The van der Waals surface area contributed by atoms with Crippen LogP contribution < -0.4 is 10.6 Å². The number of benzene rings is 2. The van der Waals surface area contributed by atoms with Crippen molar-refractivity contribution < 1.29 is 28.9 Å². The van der Waals surface area contributed by atoms with Crippen LogP contribution in [0.5, 0.6) is 0 Å². The van der Waals surface area contributed by atoms with Crippen LogP contribution in [-0.4, -0.2) is 53.0 Å². The number of aryl methyl sites for hydroxylation is 1. The summed E-state index contributed by atoms with van der Waals surface area (Å²) in [7, 11) is 0. The van der Waals surface area contributed by atoms with Crippen LogP contribution in [0.25, 0.3) is 0 Å². The minimum atomic E-state index is -1.25. The molecule has 0 aliphatic carbocycles. The van der Waals surface area contributed by atoms with Crippen molar-refractivity contribution in [2.24, 2.45) is 0 Å². The first-order valence-electron chi connectivity index (χ1n) is 9.71. The highest BCUT2D eigenvalue weighted by Crippen LogP contribution is 2.23. The number of amides is 2. The number of hydrogen-bond acceptors (Lipinski definition) is 5. The second-order valence-corrected chi connectivity index (χ2v) is 7.38. The van der Waals surface area contributed by atoms with Crippen LogP contribution in [0, 0.1) is 12.7 Å². The molecule has 0 radical (unpaired) electrons. The topological polar surface area (TPSA) is 108 Å². The summed E-state index contributed by atoms with van der Waals surface area (Å²) in [6, 6.07) is 12.8. The van der Waals surface area contributed by atoms with Crippen molar-refractivity contribution in [2.75, 3.05) is 6.54 Å². The van der Waals surface area contributed by atoms with Gasteiger partial charge in [-0.1, -0.05) is 29.8 Å². The normalized spacial score (nSPS) is 23.2. The highest BCUT2D eigenvalue weighted by atomic mass is 19.1. The smallest absolute Gasteiger partial charge is 0.251 e. The quantitative estimate of drug-likeness (QED) is 0.540. The summed E-state index contributed by atoms with van der Waals surface area (Å²) in [5, 5.41) is 25.7. The molecule has 1 heterocycles. The zero-order valence-electron chi connectivity index (χ0n) is 16.5. The number of carbonyl (C=O) groups is 2. The Kier molecular flexibility index (Phi) is 7.15. The molecule has 2 aromatic rings. The van der Waals surface area contributed by atoms with Crippen molar-refractivity contribution in [3.8, 4) is 0 Å². The van der Waals surface area contributed by atoms with Gasteiger partial charge in [-0.25, -0.2) is 4.39 Å². The average molecular weight is 416 g/mol. The van der Waals surface area contributed by atoms with Gasteiger partial charge >= 0.3 is 0 Å². The van der Waals surface area contributed by atoms with E-state index in [1.165, 1.54) is 12.1 Å². The number of nitrogens with one attached hydrogen (secondary N) is 2. The second-order valence-electron chi connectivity index (χ2n) is 7.38. The van der Waals surface area contributed by atoms with Crippen molar-refractivity contribution in [3.05, 3.63) is 71.0 Å². The number of halogens is 1. The molecule has 1 saturated heterocycles. The van der Waals surface area contributed by atoms with Gasteiger partial charge < -0.3 is 25.6 Å². The maximum atomic E-state index is 12.9. The van der Waals surface area contributed by atoms with E-state index in [0.29, 0.717) is 5.56 Å². The van der Waals surface area contributed by atoms with E-state index in [-0.39, 0.29) is 37.1 Å². The summed E-state index contributed by atoms with van der Waals surface area (Å²) in [5.74, 6) is -1.05. The Bertz CT molecular complexity index is 872. The Morgan fingerprint density at radius 3 is 2.27 bits per heavy atom. The lowest BCUT2D eigenvalue weighted by molar-refractivity contribution is -0.125. The maximum Gasteiger partial charge on any atom is 0.251 e. The lowest BCUT2D eigenvalue weighted by Gasteiger charge is -2.15. The van der Waals surface area contributed by atoms with Crippen molar-refractivity contribution >= 4 is 11.8 Å². The van der Waals surface area contributed by atoms with Crippen molar-refractivity contribution in [1.82, 2.24) is 10.6 Å². The molecule has 7 nitrogen and oxygen atoms in total. The molecule has 4 N–H and O–H groups in total. The average Bonchev–Trinajstić information content (AvgIpc) is 3.00. The fourth-order valence-corrected chi connectivity index (χ4v) is 3.22. The number of hydrogen-bond donors (Lipinski definition) is 4. The van der Waals surface area contributed by atoms with E-state index in [0.717, 1.165) is 11.1 Å². The van der Waals surface area contributed by atoms with E-state index in [1.807, 2.05) is 19.1 Å². The Morgan fingerprint density at radius 1 is 0.967 bits per heavy atom. The number of aliphatic hydroxyl groups excluding tert-OH is 2. The van der Waals surface area contributed by atoms with Crippen LogP contribution in [0.15, 0.2) is 48.5 Å². The molecule has 2 aromatic carbocycles. The van der Waals surface area contributed by atoms with E-state index in [4.69, 9.17) is 4.74 Å². The highest BCUT2D eigenvalue weighted by molar-refractivity contribution is 5.94. The summed E-state index contributed by atoms with van der Waals surface area (Å²) in [5.41, 5.74) is 2.24. The fourth-order valence-electron chi connectivity index (χ4n) is 3.22. The molecule has 0 bridgehead atoms. The minimum Gasteiger partial charge on any atom is -0.388 e. The van der Waals surface area contributed by atoms with Crippen molar-refractivity contribution in [2.45, 2.75) is 44.3 Å². The highest BCUT2D eigenvalue weighted by Gasteiger charge is 2.43. The third-order valence-electron chi connectivity index (χ3n) is 5.03. The Labute approximate surface area is 173 Å². The second kappa shape index (κ2) is 9.80. The van der Waals surface area contributed by atoms with Gasteiger partial charge in [-0.15, -0.1) is 0 Å². The Morgan fingerprint density at radius 2 is 1.60 bits per heavy atom. The van der Waals surface area contributed by atoms with Gasteiger partial charge in [-0.2, -0.15) is 0 Å². The van der Waals surface area contributed by atoms with Crippen LogP contribution in [0.2, 0.25) is 0 Å². The molecule has 8 heteroatoms. The van der Waals surface area contributed by atoms with Gasteiger partial charge in [-0.05, 0) is 36.8 Å². The lowest BCUT2D eigenvalue weighted by Crippen LogP contribution is -2.40. The Hall–Kier alpha value is -2.81. The van der Waals surface area contributed by atoms with Crippen LogP contribution >= 0.6 is 0 Å². The first kappa shape index (κ1) is 21.9. The molecule has 1 aliphatic heterocycles. The molecule has 3 rings (SSSR count). The van der Waals surface area contributed by atoms with Gasteiger partial charge in [0.05, 0.1) is 12.5 Å². The Balaban J connectivity index is 1.46. The molecular formula is C22H25FN2O5. The van der Waals surface area contributed by atoms with E-state index in [2.05, 4.69) is 10.6 Å². The number of aliphatic hydroxyl groups is 2. The molecule has 30 heavy (non-hydrogen) atoms. The SMILES string of the molecule is Cc1ccc(C(=O)NC[C@H]2O[C@@H](CC(=O)NCc3ccc(F)cc3)[C@H](O)[C@@H]2O)cc1. The first-order chi connectivity index (χ1) is 14.3. The summed E-state index contributed by atoms with van der Waals surface area (Å²) in [6.07, 6.45) is -4.35. The monoisotopic (exact) mass is 416 g/mol. The predicted octanol–water partition coefficient (Wildman–Crippen LogP) is 1.06. The maximum absolute atomic E-state index is 12.9. The van der Waals surface area contributed by atoms with Crippen molar-refractivity contribution in [1.29, 1.82) is 0 Å². The van der Waals surface area contributed by atoms with E-state index in [1.54, 1.807) is 24.3 Å². The van der Waals surface area contributed by atoms with Gasteiger partial charge in [-0.3, -0.25) is 9.59 Å². The third kappa shape index (κ3) is 5.63. The van der Waals surface area contributed by atoms with Gasteiger partial charge in [0, 0.05) is 18.7 Å². The summed E-state index contributed by atoms with van der Waals surface area (Å²) < 4.78 is 18.5. The molecule has 0 spiro atoms. The molecule has 0 aromatic heterocycles. The largest absolute Gasteiger partial charge is 0.388 e. The number of rotatable bonds is 7. The predicted molar refractivity (Wildman–Crippen MR) is 107 cm³/mol. The van der Waals surface area contributed by atoms with Gasteiger partial charge in [0.15, 0.2) is 0 Å². The molecular weight excluding hydrogens is 391 g/mol. The summed E-state index contributed by atoms with van der Waals surface area (Å²) in [4.78, 5) is 24.4. The van der Waals surface area contributed by atoms with Crippen LogP contribution in [0.3, 0.4) is 0 Å². The number of carbonyl (C=O) groups excluding carboxylic acids is 2. The zero-order chi connectivity index (χ0) is 21.7. The third-order valence-corrected chi connectivity index (χ3v) is 5.03. The molecule has 1 aliphatic rings. The summed E-state index contributed by atoms with van der Waals surface area (Å²) in [6.45, 7) is 2.13. The van der Waals surface area contributed by atoms with Crippen molar-refractivity contribution in [3.63, 3.8) is 0 Å². The molecule has 2 amide bonds. The molecule has 1 fully saturated rings. The van der Waals surface area contributed by atoms with Gasteiger partial charge in [0.25, 0.3) is 5.91 Å². The van der Waals surface area contributed by atoms with Crippen LogP contribution in [0.1, 0.15) is 27.9 Å². The van der Waals surface area contributed by atoms with Crippen LogP contribution in [0.4, 0.5) is 4.39 Å². The zero-order valence-corrected chi connectivity index (χ0v) is 16.5. The van der Waals surface area contributed by atoms with Gasteiger partial charge in [0.1, 0.15) is 24.1 Å². The summed E-state index contributed by atoms with van der Waals surface area (Å²) >= 11 is 0. The number of ether oxygens (including phenoxy) is 1. The van der Waals surface area contributed by atoms with E-state index >= 15 is 0 Å². The molecule has 160 valence electrons. The van der Waals surface area contributed by atoms with Gasteiger partial charge in [0.2, 0.25) is 5.91 Å². The standard InChI is InChI=1S/C22H25FN2O5/c1-13-2-6-15(7-3-13)22(29)25-12-18-21(28)20(27)17(30-18)10-19(26)24-11-14-4-8-16(23)9-5-14/h2-9,17-18,20-21,27-28H,10-12H2,1H3,(H,24,26)(H,25,29)/t17-,18+,20-,21+/m0/s1. The fraction of sp³-hybridized carbons (Fsp3) is 0.364. The van der Waals surface area contributed by atoms with E-state index < -0.39 is 24.4 Å². The minimum absolute atomic E-state index is 0.00135. The van der Waals surface area contributed by atoms with E-state index in [9.17, 15) is 24.2 Å².